The molecule has 9 heteroatoms. The number of hydrogen-bond donors (Lipinski definition) is 2. The average Bonchev–Trinajstić information content (AvgIpc) is 3.63. The fourth-order valence-electron chi connectivity index (χ4n) is 4.55. The van der Waals surface area contributed by atoms with E-state index in [0.29, 0.717) is 23.5 Å². The van der Waals surface area contributed by atoms with Crippen molar-refractivity contribution in [2.75, 3.05) is 38.4 Å². The van der Waals surface area contributed by atoms with Gasteiger partial charge in [0, 0.05) is 42.6 Å². The maximum absolute atomic E-state index is 5.52. The number of benzene rings is 2. The highest BCUT2D eigenvalue weighted by Crippen LogP contribution is 2.42. The van der Waals surface area contributed by atoms with Crippen LogP contribution in [0.4, 0.5) is 16.8 Å². The summed E-state index contributed by atoms with van der Waals surface area (Å²) in [6.45, 7) is 2.05. The molecule has 6 rings (SSSR count). The molecule has 0 amide bonds. The van der Waals surface area contributed by atoms with E-state index in [1.807, 2.05) is 24.3 Å². The van der Waals surface area contributed by atoms with Crippen LogP contribution in [0, 0.1) is 0 Å². The van der Waals surface area contributed by atoms with Crippen LogP contribution < -0.4 is 20.1 Å². The number of thiazole rings is 1. The first-order chi connectivity index (χ1) is 18.1. The summed E-state index contributed by atoms with van der Waals surface area (Å²) in [6, 6.07) is 14.8. The van der Waals surface area contributed by atoms with Gasteiger partial charge in [-0.1, -0.05) is 17.4 Å². The maximum Gasteiger partial charge on any atom is 0.227 e. The van der Waals surface area contributed by atoms with Crippen LogP contribution in [0.5, 0.6) is 11.5 Å². The predicted octanol–water partition coefficient (Wildman–Crippen LogP) is 5.59. The Labute approximate surface area is 220 Å². The van der Waals surface area contributed by atoms with E-state index in [0.717, 1.165) is 52.2 Å². The molecule has 37 heavy (non-hydrogen) atoms. The Balaban J connectivity index is 1.35. The Bertz CT molecular complexity index is 1410. The second-order valence-corrected chi connectivity index (χ2v) is 10.6. The van der Waals surface area contributed by atoms with Crippen LogP contribution in [0.2, 0.25) is 0 Å². The third-order valence-electron chi connectivity index (χ3n) is 6.71. The summed E-state index contributed by atoms with van der Waals surface area (Å²) in [5, 5.41) is 7.84. The standard InChI is InChI=1S/C28H30N6O2S/c1-34-11-9-17-4-5-21(12-19(17)16-34)30-27-29-10-8-24(32-27)26-25(33-28(37-26)31-20-6-7-20)18-13-22(35-2)15-23(14-18)36-3/h4-5,8,10,12-15,20H,6-7,9,11,16H2,1-3H3,(H,31,33)(H,29,30,32). The monoisotopic (exact) mass is 514 g/mol. The zero-order chi connectivity index (χ0) is 25.4. The zero-order valence-electron chi connectivity index (χ0n) is 21.2. The molecule has 1 aliphatic carbocycles. The van der Waals surface area contributed by atoms with Gasteiger partial charge in [0.1, 0.15) is 11.5 Å². The van der Waals surface area contributed by atoms with Crippen molar-refractivity contribution in [2.24, 2.45) is 0 Å². The average molecular weight is 515 g/mol. The minimum atomic E-state index is 0.498. The molecular formula is C28H30N6O2S. The lowest BCUT2D eigenvalue weighted by molar-refractivity contribution is 0.313. The van der Waals surface area contributed by atoms with Crippen molar-refractivity contribution in [3.05, 3.63) is 59.8 Å². The minimum Gasteiger partial charge on any atom is -0.497 e. The van der Waals surface area contributed by atoms with Gasteiger partial charge in [0.25, 0.3) is 0 Å². The largest absolute Gasteiger partial charge is 0.497 e. The Morgan fingerprint density at radius 2 is 1.78 bits per heavy atom. The second-order valence-electron chi connectivity index (χ2n) is 9.58. The predicted molar refractivity (Wildman–Crippen MR) is 148 cm³/mol. The van der Waals surface area contributed by atoms with Crippen LogP contribution in [0.1, 0.15) is 24.0 Å². The molecule has 2 aliphatic rings. The van der Waals surface area contributed by atoms with Crippen molar-refractivity contribution in [3.63, 3.8) is 0 Å². The molecule has 0 atom stereocenters. The lowest BCUT2D eigenvalue weighted by Gasteiger charge is -2.25. The molecule has 0 bridgehead atoms. The number of nitrogens with one attached hydrogen (secondary N) is 2. The van der Waals surface area contributed by atoms with Gasteiger partial charge < -0.3 is 25.0 Å². The van der Waals surface area contributed by atoms with Gasteiger partial charge in [-0.15, -0.1) is 0 Å². The number of hydrogen-bond acceptors (Lipinski definition) is 9. The lowest BCUT2D eigenvalue weighted by atomic mass is 9.99. The quantitative estimate of drug-likeness (QED) is 0.315. The summed E-state index contributed by atoms with van der Waals surface area (Å²) in [5.41, 5.74) is 6.32. The highest BCUT2D eigenvalue weighted by atomic mass is 32.1. The SMILES string of the molecule is COc1cc(OC)cc(-c2nc(NC3CC3)sc2-c2ccnc(Nc3ccc4c(c3)CN(C)CC4)n2)c1. The molecular weight excluding hydrogens is 484 g/mol. The molecule has 1 fully saturated rings. The van der Waals surface area contributed by atoms with Crippen molar-refractivity contribution >= 4 is 28.1 Å². The van der Waals surface area contributed by atoms with Crippen LogP contribution in [-0.2, 0) is 13.0 Å². The number of likely N-dealkylation sites (N-methyl/N-ethyl adjacent to an activating group) is 1. The van der Waals surface area contributed by atoms with E-state index in [1.165, 1.54) is 24.0 Å². The molecule has 0 radical (unpaired) electrons. The molecule has 190 valence electrons. The van der Waals surface area contributed by atoms with Gasteiger partial charge in [-0.3, -0.25) is 0 Å². The van der Waals surface area contributed by atoms with Crippen molar-refractivity contribution in [3.8, 4) is 33.3 Å². The van der Waals surface area contributed by atoms with Gasteiger partial charge in [0.15, 0.2) is 5.13 Å². The summed E-state index contributed by atoms with van der Waals surface area (Å²) in [7, 11) is 5.47. The molecule has 0 unspecified atom stereocenters. The number of rotatable bonds is 8. The normalized spacial score (nSPS) is 15.2. The molecule has 0 saturated heterocycles. The highest BCUT2D eigenvalue weighted by Gasteiger charge is 2.25. The first kappa shape index (κ1) is 23.7. The molecule has 3 heterocycles. The third kappa shape index (κ3) is 5.23. The van der Waals surface area contributed by atoms with Crippen molar-refractivity contribution in [1.29, 1.82) is 0 Å². The molecule has 2 aromatic carbocycles. The van der Waals surface area contributed by atoms with E-state index in [2.05, 4.69) is 45.8 Å². The molecule has 0 spiro atoms. The smallest absolute Gasteiger partial charge is 0.227 e. The molecule has 1 aliphatic heterocycles. The van der Waals surface area contributed by atoms with Crippen molar-refractivity contribution < 1.29 is 9.47 Å². The number of anilines is 3. The first-order valence-electron chi connectivity index (χ1n) is 12.5. The van der Waals surface area contributed by atoms with E-state index in [-0.39, 0.29) is 0 Å². The van der Waals surface area contributed by atoms with E-state index < -0.39 is 0 Å². The third-order valence-corrected chi connectivity index (χ3v) is 7.72. The van der Waals surface area contributed by atoms with Crippen LogP contribution in [-0.4, -0.2) is 53.7 Å². The molecule has 8 nitrogen and oxygen atoms in total. The second kappa shape index (κ2) is 9.99. The number of aromatic nitrogens is 3. The number of fused-ring (bicyclic) bond motifs is 1. The molecule has 2 N–H and O–H groups in total. The topological polar surface area (TPSA) is 84.4 Å². The van der Waals surface area contributed by atoms with Crippen LogP contribution in [0.15, 0.2) is 48.7 Å². The summed E-state index contributed by atoms with van der Waals surface area (Å²) in [4.78, 5) is 17.7. The Hall–Kier alpha value is -3.69. The minimum absolute atomic E-state index is 0.498. The number of nitrogens with zero attached hydrogens (tertiary/aromatic N) is 4. The Morgan fingerprint density at radius 1 is 0.973 bits per heavy atom. The van der Waals surface area contributed by atoms with Crippen LogP contribution >= 0.6 is 11.3 Å². The fourth-order valence-corrected chi connectivity index (χ4v) is 5.58. The van der Waals surface area contributed by atoms with Gasteiger partial charge in [0.05, 0.1) is 30.5 Å². The fraction of sp³-hybridized carbons (Fsp3) is 0.321. The van der Waals surface area contributed by atoms with Gasteiger partial charge in [-0.2, -0.15) is 0 Å². The highest BCUT2D eigenvalue weighted by molar-refractivity contribution is 7.19. The van der Waals surface area contributed by atoms with Gasteiger partial charge >= 0.3 is 0 Å². The van der Waals surface area contributed by atoms with E-state index >= 15 is 0 Å². The number of ether oxygens (including phenoxy) is 2. The van der Waals surface area contributed by atoms with E-state index in [1.54, 1.807) is 31.8 Å². The molecule has 2 aromatic heterocycles. The van der Waals surface area contributed by atoms with E-state index in [4.69, 9.17) is 19.4 Å². The molecule has 4 aromatic rings. The molecule has 1 saturated carbocycles. The van der Waals surface area contributed by atoms with Crippen molar-refractivity contribution in [2.45, 2.75) is 31.8 Å². The zero-order valence-corrected chi connectivity index (χ0v) is 22.1. The van der Waals surface area contributed by atoms with Gasteiger partial charge in [-0.25, -0.2) is 15.0 Å². The van der Waals surface area contributed by atoms with Crippen LogP contribution in [0.3, 0.4) is 0 Å². The first-order valence-corrected chi connectivity index (χ1v) is 13.3. The van der Waals surface area contributed by atoms with E-state index in [9.17, 15) is 0 Å². The Morgan fingerprint density at radius 3 is 2.54 bits per heavy atom. The van der Waals surface area contributed by atoms with Crippen LogP contribution in [0.25, 0.3) is 21.8 Å². The summed E-state index contributed by atoms with van der Waals surface area (Å²) in [5.74, 6) is 1.99. The summed E-state index contributed by atoms with van der Waals surface area (Å²) < 4.78 is 11.0. The van der Waals surface area contributed by atoms with Crippen molar-refractivity contribution in [1.82, 2.24) is 19.9 Å². The van der Waals surface area contributed by atoms with Gasteiger partial charge in [-0.05, 0) is 67.8 Å². The Kier molecular flexibility index (Phi) is 6.40. The summed E-state index contributed by atoms with van der Waals surface area (Å²) in [6.07, 6.45) is 5.23. The summed E-state index contributed by atoms with van der Waals surface area (Å²) >= 11 is 1.61. The van der Waals surface area contributed by atoms with Gasteiger partial charge in [0.2, 0.25) is 5.95 Å². The lowest BCUT2D eigenvalue weighted by Crippen LogP contribution is -2.26. The number of methoxy groups -OCH3 is 2. The maximum atomic E-state index is 5.52.